The van der Waals surface area contributed by atoms with Gasteiger partial charge in [0, 0.05) is 12.0 Å². The van der Waals surface area contributed by atoms with Gasteiger partial charge in [-0.2, -0.15) is 0 Å². The number of carbonyl (C=O) groups excluding carboxylic acids is 2. The van der Waals surface area contributed by atoms with E-state index in [1.807, 2.05) is 6.07 Å². The van der Waals surface area contributed by atoms with Gasteiger partial charge in [-0.15, -0.1) is 0 Å². The van der Waals surface area contributed by atoms with Crippen molar-refractivity contribution in [2.45, 2.75) is 18.6 Å². The molecule has 1 aromatic rings. The minimum Gasteiger partial charge on any atom is -0.457 e. The Kier molecular flexibility index (Phi) is 3.23. The SMILES string of the molecule is C=CC1CC(NC(=O)c2ccccc2)C(=O)O1. The average Bonchev–Trinajstić information content (AvgIpc) is 2.71. The summed E-state index contributed by atoms with van der Waals surface area (Å²) in [5, 5.41) is 2.65. The van der Waals surface area contributed by atoms with E-state index in [1.54, 1.807) is 30.3 Å². The van der Waals surface area contributed by atoms with Gasteiger partial charge in [-0.3, -0.25) is 4.79 Å². The summed E-state index contributed by atoms with van der Waals surface area (Å²) < 4.78 is 4.99. The number of ether oxygens (including phenoxy) is 1. The van der Waals surface area contributed by atoms with Crippen LogP contribution in [0.3, 0.4) is 0 Å². The van der Waals surface area contributed by atoms with Gasteiger partial charge in [-0.05, 0) is 12.1 Å². The van der Waals surface area contributed by atoms with Gasteiger partial charge in [-0.25, -0.2) is 4.79 Å². The van der Waals surface area contributed by atoms with Gasteiger partial charge in [0.2, 0.25) is 0 Å². The van der Waals surface area contributed by atoms with Crippen LogP contribution in [0.15, 0.2) is 43.0 Å². The molecule has 0 saturated carbocycles. The highest BCUT2D eigenvalue weighted by Gasteiger charge is 2.33. The molecule has 0 aromatic heterocycles. The summed E-state index contributed by atoms with van der Waals surface area (Å²) in [5.41, 5.74) is 0.530. The lowest BCUT2D eigenvalue weighted by Crippen LogP contribution is -2.37. The summed E-state index contributed by atoms with van der Waals surface area (Å²) in [4.78, 5) is 23.2. The molecule has 0 aliphatic carbocycles. The fourth-order valence-electron chi connectivity index (χ4n) is 1.70. The van der Waals surface area contributed by atoms with Crippen LogP contribution in [0, 0.1) is 0 Å². The third kappa shape index (κ3) is 2.53. The molecule has 2 atom stereocenters. The highest BCUT2D eigenvalue weighted by molar-refractivity contribution is 5.97. The van der Waals surface area contributed by atoms with Crippen molar-refractivity contribution in [2.75, 3.05) is 0 Å². The van der Waals surface area contributed by atoms with Crippen molar-refractivity contribution in [3.63, 3.8) is 0 Å². The van der Waals surface area contributed by atoms with Gasteiger partial charge in [0.25, 0.3) is 5.91 Å². The maximum absolute atomic E-state index is 11.8. The summed E-state index contributed by atoms with van der Waals surface area (Å²) in [6.45, 7) is 3.56. The number of nitrogens with one attached hydrogen (secondary N) is 1. The highest BCUT2D eigenvalue weighted by Crippen LogP contribution is 2.16. The molecule has 0 radical (unpaired) electrons. The minimum atomic E-state index is -0.578. The predicted molar refractivity (Wildman–Crippen MR) is 62.4 cm³/mol. The van der Waals surface area contributed by atoms with Crippen LogP contribution in [0.1, 0.15) is 16.8 Å². The summed E-state index contributed by atoms with van der Waals surface area (Å²) in [6, 6.07) is 8.18. The fourth-order valence-corrected chi connectivity index (χ4v) is 1.70. The van der Waals surface area contributed by atoms with Gasteiger partial charge in [0.15, 0.2) is 0 Å². The monoisotopic (exact) mass is 231 g/mol. The normalized spacial score (nSPS) is 22.9. The molecular formula is C13H13NO3. The first-order chi connectivity index (χ1) is 8.20. The zero-order valence-electron chi connectivity index (χ0n) is 9.26. The van der Waals surface area contributed by atoms with Crippen molar-refractivity contribution in [1.82, 2.24) is 5.32 Å². The van der Waals surface area contributed by atoms with Crippen molar-refractivity contribution in [2.24, 2.45) is 0 Å². The second-order valence-electron chi connectivity index (χ2n) is 3.84. The Morgan fingerprint density at radius 3 is 2.71 bits per heavy atom. The Balaban J connectivity index is 2.00. The molecular weight excluding hydrogens is 218 g/mol. The average molecular weight is 231 g/mol. The molecule has 4 nitrogen and oxygen atoms in total. The predicted octanol–water partition coefficient (Wildman–Crippen LogP) is 1.29. The zero-order chi connectivity index (χ0) is 12.3. The molecule has 88 valence electrons. The lowest BCUT2D eigenvalue weighted by atomic mass is 10.1. The molecule has 1 N–H and O–H groups in total. The third-order valence-corrected chi connectivity index (χ3v) is 2.62. The van der Waals surface area contributed by atoms with Gasteiger partial charge < -0.3 is 10.1 Å². The maximum atomic E-state index is 11.8. The van der Waals surface area contributed by atoms with E-state index < -0.39 is 12.0 Å². The number of hydrogen-bond donors (Lipinski definition) is 1. The highest BCUT2D eigenvalue weighted by atomic mass is 16.6. The Hall–Kier alpha value is -2.10. The van der Waals surface area contributed by atoms with Gasteiger partial charge in [0.05, 0.1) is 0 Å². The molecule has 1 aromatic carbocycles. The second-order valence-corrected chi connectivity index (χ2v) is 3.84. The first-order valence-corrected chi connectivity index (χ1v) is 5.39. The smallest absolute Gasteiger partial charge is 0.329 e. The van der Waals surface area contributed by atoms with E-state index in [0.29, 0.717) is 12.0 Å². The quantitative estimate of drug-likeness (QED) is 0.630. The van der Waals surface area contributed by atoms with Crippen LogP contribution < -0.4 is 5.32 Å². The van der Waals surface area contributed by atoms with Crippen molar-refractivity contribution in [3.8, 4) is 0 Å². The van der Waals surface area contributed by atoms with Crippen LogP contribution in [0.25, 0.3) is 0 Å². The van der Waals surface area contributed by atoms with E-state index in [4.69, 9.17) is 4.74 Å². The van der Waals surface area contributed by atoms with Crippen LogP contribution in [-0.2, 0) is 9.53 Å². The Labute approximate surface area is 99.3 Å². The van der Waals surface area contributed by atoms with Gasteiger partial charge in [-0.1, -0.05) is 30.9 Å². The zero-order valence-corrected chi connectivity index (χ0v) is 9.26. The number of rotatable bonds is 3. The van der Waals surface area contributed by atoms with E-state index >= 15 is 0 Å². The van der Waals surface area contributed by atoms with E-state index in [0.717, 1.165) is 0 Å². The second kappa shape index (κ2) is 4.82. The van der Waals surface area contributed by atoms with E-state index in [2.05, 4.69) is 11.9 Å². The maximum Gasteiger partial charge on any atom is 0.329 e. The lowest BCUT2D eigenvalue weighted by Gasteiger charge is -2.08. The summed E-state index contributed by atoms with van der Waals surface area (Å²) in [7, 11) is 0. The van der Waals surface area contributed by atoms with Crippen LogP contribution in [0.4, 0.5) is 0 Å². The fraction of sp³-hybridized carbons (Fsp3) is 0.231. The molecule has 4 heteroatoms. The molecule has 1 fully saturated rings. The summed E-state index contributed by atoms with van der Waals surface area (Å²) in [6.07, 6.45) is 1.71. The molecule has 2 rings (SSSR count). The molecule has 1 aliphatic heterocycles. The third-order valence-electron chi connectivity index (χ3n) is 2.62. The summed E-state index contributed by atoms with van der Waals surface area (Å²) in [5.74, 6) is -0.670. The lowest BCUT2D eigenvalue weighted by molar-refractivity contribution is -0.141. The van der Waals surface area contributed by atoms with Crippen molar-refractivity contribution in [1.29, 1.82) is 0 Å². The van der Waals surface area contributed by atoms with Gasteiger partial charge >= 0.3 is 5.97 Å². The number of benzene rings is 1. The number of cyclic esters (lactones) is 1. The van der Waals surface area contributed by atoms with E-state index in [1.165, 1.54) is 0 Å². The Morgan fingerprint density at radius 1 is 1.41 bits per heavy atom. The topological polar surface area (TPSA) is 55.4 Å². The van der Waals surface area contributed by atoms with Gasteiger partial charge in [0.1, 0.15) is 12.1 Å². The van der Waals surface area contributed by atoms with Crippen LogP contribution >= 0.6 is 0 Å². The minimum absolute atomic E-state index is 0.266. The molecule has 1 amide bonds. The molecule has 0 bridgehead atoms. The van der Waals surface area contributed by atoms with Crippen LogP contribution in [0.5, 0.6) is 0 Å². The number of carbonyl (C=O) groups is 2. The number of esters is 1. The first-order valence-electron chi connectivity index (χ1n) is 5.39. The molecule has 0 spiro atoms. The largest absolute Gasteiger partial charge is 0.457 e. The molecule has 2 unspecified atom stereocenters. The number of amides is 1. The summed E-state index contributed by atoms with van der Waals surface area (Å²) >= 11 is 0. The number of hydrogen-bond acceptors (Lipinski definition) is 3. The molecule has 1 saturated heterocycles. The van der Waals surface area contributed by atoms with Crippen molar-refractivity contribution >= 4 is 11.9 Å². The van der Waals surface area contributed by atoms with Crippen LogP contribution in [0.2, 0.25) is 0 Å². The molecule has 1 heterocycles. The van der Waals surface area contributed by atoms with Crippen molar-refractivity contribution < 1.29 is 14.3 Å². The molecule has 17 heavy (non-hydrogen) atoms. The van der Waals surface area contributed by atoms with Crippen molar-refractivity contribution in [3.05, 3.63) is 48.6 Å². The molecule has 1 aliphatic rings. The first kappa shape index (κ1) is 11.4. The van der Waals surface area contributed by atoms with Crippen LogP contribution in [-0.4, -0.2) is 24.0 Å². The Bertz CT molecular complexity index is 441. The Morgan fingerprint density at radius 2 is 2.12 bits per heavy atom. The van der Waals surface area contributed by atoms with E-state index in [-0.39, 0.29) is 12.0 Å². The van der Waals surface area contributed by atoms with E-state index in [9.17, 15) is 9.59 Å². The standard InChI is InChI=1S/C13H13NO3/c1-2-10-8-11(13(16)17-10)14-12(15)9-6-4-3-5-7-9/h2-7,10-11H,1,8H2,(H,14,15).